The van der Waals surface area contributed by atoms with E-state index in [1.165, 1.54) is 6.20 Å². The maximum atomic E-state index is 12.9. The number of hydrogen-bond acceptors (Lipinski definition) is 4. The van der Waals surface area contributed by atoms with Gasteiger partial charge in [0.25, 0.3) is 0 Å². The molecule has 132 valence electrons. The van der Waals surface area contributed by atoms with Gasteiger partial charge in [-0.2, -0.15) is 0 Å². The van der Waals surface area contributed by atoms with Crippen LogP contribution in [0.15, 0.2) is 42.9 Å². The molecule has 1 aromatic carbocycles. The van der Waals surface area contributed by atoms with Crippen molar-refractivity contribution in [3.8, 4) is 16.9 Å². The molecule has 1 amide bonds. The van der Waals surface area contributed by atoms with Crippen LogP contribution in [0.25, 0.3) is 21.9 Å². The number of fused-ring (bicyclic) bond motifs is 1. The number of amides is 1. The molecule has 2 N–H and O–H groups in total. The van der Waals surface area contributed by atoms with Crippen molar-refractivity contribution < 1.29 is 14.3 Å². The van der Waals surface area contributed by atoms with E-state index in [1.807, 2.05) is 25.1 Å². The minimum Gasteiger partial charge on any atom is -0.506 e. The summed E-state index contributed by atoms with van der Waals surface area (Å²) in [5.74, 6) is 0.267. The Morgan fingerprint density at radius 1 is 1.27 bits per heavy atom. The van der Waals surface area contributed by atoms with E-state index in [0.717, 1.165) is 27.5 Å². The van der Waals surface area contributed by atoms with Gasteiger partial charge >= 0.3 is 0 Å². The van der Waals surface area contributed by atoms with Crippen LogP contribution in [0.3, 0.4) is 0 Å². The average molecular weight is 351 g/mol. The first-order valence-electron chi connectivity index (χ1n) is 8.49. The summed E-state index contributed by atoms with van der Waals surface area (Å²) in [6.45, 7) is 1.84. The van der Waals surface area contributed by atoms with Gasteiger partial charge in [-0.25, -0.2) is 9.37 Å². The molecule has 1 fully saturated rings. The Morgan fingerprint density at radius 3 is 2.85 bits per heavy atom. The molecule has 1 saturated carbocycles. The second-order valence-corrected chi connectivity index (χ2v) is 6.73. The number of pyridine rings is 2. The molecule has 2 atom stereocenters. The van der Waals surface area contributed by atoms with Gasteiger partial charge in [0.2, 0.25) is 5.91 Å². The quantitative estimate of drug-likeness (QED) is 0.745. The third kappa shape index (κ3) is 3.22. The molecule has 6 heteroatoms. The summed E-state index contributed by atoms with van der Waals surface area (Å²) in [5, 5.41) is 14.4. The van der Waals surface area contributed by atoms with Crippen LogP contribution in [-0.4, -0.2) is 27.2 Å². The van der Waals surface area contributed by atoms with E-state index in [2.05, 4.69) is 15.3 Å². The number of anilines is 1. The molecule has 3 aromatic rings. The van der Waals surface area contributed by atoms with Gasteiger partial charge in [0.1, 0.15) is 17.7 Å². The molecule has 2 aromatic heterocycles. The van der Waals surface area contributed by atoms with Crippen LogP contribution in [0.4, 0.5) is 10.2 Å². The fourth-order valence-electron chi connectivity index (χ4n) is 3.04. The standard InChI is InChI=1S/C20H18FN3O2/c1-11-16(9-22-10-18(11)25)13-3-2-12-6-19(23-8-15(12)4-13)24-20(26)7-14-5-17(14)21/h2-4,6,8-10,14,17,25H,5,7H2,1H3,(H,23,24,26). The highest BCUT2D eigenvalue weighted by molar-refractivity contribution is 5.94. The summed E-state index contributed by atoms with van der Waals surface area (Å²) < 4.78 is 12.9. The number of benzene rings is 1. The molecule has 1 aliphatic carbocycles. The van der Waals surface area contributed by atoms with Crippen molar-refractivity contribution >= 4 is 22.5 Å². The highest BCUT2D eigenvalue weighted by Crippen LogP contribution is 2.37. The predicted octanol–water partition coefficient (Wildman–Crippen LogP) is 4.00. The molecule has 2 heterocycles. The molecule has 26 heavy (non-hydrogen) atoms. The van der Waals surface area contributed by atoms with Crippen molar-refractivity contribution in [3.05, 3.63) is 48.4 Å². The van der Waals surface area contributed by atoms with Gasteiger partial charge in [0.15, 0.2) is 0 Å². The van der Waals surface area contributed by atoms with Crippen LogP contribution in [0.1, 0.15) is 18.4 Å². The van der Waals surface area contributed by atoms with E-state index in [1.54, 1.807) is 18.5 Å². The second kappa shape index (κ2) is 6.37. The first-order chi connectivity index (χ1) is 12.5. The third-order valence-electron chi connectivity index (χ3n) is 4.77. The lowest BCUT2D eigenvalue weighted by atomic mass is 10.00. The van der Waals surface area contributed by atoms with Gasteiger partial charge in [-0.3, -0.25) is 9.78 Å². The monoisotopic (exact) mass is 351 g/mol. The van der Waals surface area contributed by atoms with Crippen LogP contribution < -0.4 is 5.32 Å². The number of nitrogens with one attached hydrogen (secondary N) is 1. The van der Waals surface area contributed by atoms with Gasteiger partial charge in [0.05, 0.1) is 6.20 Å². The summed E-state index contributed by atoms with van der Waals surface area (Å²) >= 11 is 0. The highest BCUT2D eigenvalue weighted by atomic mass is 19.1. The lowest BCUT2D eigenvalue weighted by Crippen LogP contribution is -2.13. The van der Waals surface area contributed by atoms with Crippen molar-refractivity contribution in [2.75, 3.05) is 5.32 Å². The Balaban J connectivity index is 1.58. The van der Waals surface area contributed by atoms with E-state index in [4.69, 9.17) is 0 Å². The van der Waals surface area contributed by atoms with Crippen LogP contribution in [0.2, 0.25) is 0 Å². The molecule has 2 unspecified atom stereocenters. The Labute approximate surface area is 149 Å². The van der Waals surface area contributed by atoms with Gasteiger partial charge < -0.3 is 10.4 Å². The van der Waals surface area contributed by atoms with Gasteiger partial charge in [-0.05, 0) is 36.4 Å². The minimum atomic E-state index is -0.834. The van der Waals surface area contributed by atoms with Crippen LogP contribution in [-0.2, 0) is 4.79 Å². The summed E-state index contributed by atoms with van der Waals surface area (Å²) in [5.41, 5.74) is 2.55. The first-order valence-corrected chi connectivity index (χ1v) is 8.49. The van der Waals surface area contributed by atoms with Crippen LogP contribution in [0.5, 0.6) is 5.75 Å². The summed E-state index contributed by atoms with van der Waals surface area (Å²) in [7, 11) is 0. The summed E-state index contributed by atoms with van der Waals surface area (Å²) in [6, 6.07) is 7.64. The van der Waals surface area contributed by atoms with E-state index in [0.29, 0.717) is 12.2 Å². The molecular formula is C20H18FN3O2. The zero-order valence-electron chi connectivity index (χ0n) is 14.2. The Morgan fingerprint density at radius 2 is 2.08 bits per heavy atom. The van der Waals surface area contributed by atoms with Crippen molar-refractivity contribution in [1.82, 2.24) is 9.97 Å². The van der Waals surface area contributed by atoms with Gasteiger partial charge in [0, 0.05) is 41.2 Å². The Kier molecular flexibility index (Phi) is 4.03. The van der Waals surface area contributed by atoms with E-state index >= 15 is 0 Å². The number of carbonyl (C=O) groups excluding carboxylic acids is 1. The fourth-order valence-corrected chi connectivity index (χ4v) is 3.04. The zero-order valence-corrected chi connectivity index (χ0v) is 14.2. The van der Waals surface area contributed by atoms with Crippen molar-refractivity contribution in [1.29, 1.82) is 0 Å². The Bertz CT molecular complexity index is 1010. The molecule has 5 nitrogen and oxygen atoms in total. The molecule has 0 spiro atoms. The maximum absolute atomic E-state index is 12.9. The minimum absolute atomic E-state index is 0.142. The van der Waals surface area contributed by atoms with E-state index < -0.39 is 6.17 Å². The average Bonchev–Trinajstić information content (AvgIpc) is 3.31. The molecule has 4 rings (SSSR count). The fraction of sp³-hybridized carbons (Fsp3) is 0.250. The molecule has 0 bridgehead atoms. The van der Waals surface area contributed by atoms with Crippen molar-refractivity contribution in [2.24, 2.45) is 5.92 Å². The van der Waals surface area contributed by atoms with Crippen LogP contribution >= 0.6 is 0 Å². The number of hydrogen-bond donors (Lipinski definition) is 2. The molecule has 1 aliphatic rings. The molecular weight excluding hydrogens is 333 g/mol. The zero-order chi connectivity index (χ0) is 18.3. The number of aromatic hydroxyl groups is 1. The number of halogens is 1. The third-order valence-corrected chi connectivity index (χ3v) is 4.77. The highest BCUT2D eigenvalue weighted by Gasteiger charge is 2.38. The van der Waals surface area contributed by atoms with E-state index in [9.17, 15) is 14.3 Å². The van der Waals surface area contributed by atoms with Gasteiger partial charge in [-0.15, -0.1) is 0 Å². The molecule has 0 radical (unpaired) electrons. The molecule has 0 saturated heterocycles. The van der Waals surface area contributed by atoms with Gasteiger partial charge in [-0.1, -0.05) is 12.1 Å². The first kappa shape index (κ1) is 16.4. The topological polar surface area (TPSA) is 75.1 Å². The summed E-state index contributed by atoms with van der Waals surface area (Å²) in [4.78, 5) is 20.2. The second-order valence-electron chi connectivity index (χ2n) is 6.73. The van der Waals surface area contributed by atoms with Crippen molar-refractivity contribution in [2.45, 2.75) is 25.9 Å². The van der Waals surface area contributed by atoms with E-state index in [-0.39, 0.29) is 24.0 Å². The summed E-state index contributed by atoms with van der Waals surface area (Å²) in [6.07, 6.45) is 4.67. The number of aromatic nitrogens is 2. The number of alkyl halides is 1. The lowest BCUT2D eigenvalue weighted by Gasteiger charge is -2.09. The largest absolute Gasteiger partial charge is 0.506 e. The SMILES string of the molecule is Cc1c(O)cncc1-c1ccc2cc(NC(=O)CC3CC3F)ncc2c1. The normalized spacial score (nSPS) is 18.7. The van der Waals surface area contributed by atoms with Crippen LogP contribution in [0, 0.1) is 12.8 Å². The number of nitrogens with zero attached hydrogens (tertiary/aromatic N) is 2. The number of rotatable bonds is 4. The Hall–Kier alpha value is -3.02. The smallest absolute Gasteiger partial charge is 0.225 e. The van der Waals surface area contributed by atoms with Crippen molar-refractivity contribution in [3.63, 3.8) is 0 Å². The predicted molar refractivity (Wildman–Crippen MR) is 97.6 cm³/mol. The maximum Gasteiger partial charge on any atom is 0.225 e. The number of carbonyl (C=O) groups is 1. The molecule has 0 aliphatic heterocycles. The lowest BCUT2D eigenvalue weighted by molar-refractivity contribution is -0.116.